The number of rotatable bonds is 8. The molecule has 0 radical (unpaired) electrons. The Labute approximate surface area is 125 Å². The van der Waals surface area contributed by atoms with Crippen LogP contribution >= 0.6 is 11.8 Å². The summed E-state index contributed by atoms with van der Waals surface area (Å²) in [5, 5.41) is 14.6. The van der Waals surface area contributed by atoms with Crippen molar-refractivity contribution in [2.75, 3.05) is 19.3 Å². The van der Waals surface area contributed by atoms with Crippen molar-refractivity contribution in [3.63, 3.8) is 0 Å². The van der Waals surface area contributed by atoms with Crippen LogP contribution in [-0.2, 0) is 4.79 Å². The predicted molar refractivity (Wildman–Crippen MR) is 82.1 cm³/mol. The number of nitrogens with one attached hydrogen (secondary N) is 2. The number of urea groups is 1. The monoisotopic (exact) mass is 302 g/mol. The fourth-order valence-corrected chi connectivity index (χ4v) is 3.30. The summed E-state index contributed by atoms with van der Waals surface area (Å²) in [7, 11) is 0. The number of hydrogen-bond acceptors (Lipinski definition) is 3. The molecule has 0 saturated heterocycles. The maximum Gasteiger partial charge on any atom is 0.314 e. The predicted octanol–water partition coefficient (Wildman–Crippen LogP) is 2.32. The topological polar surface area (TPSA) is 78.4 Å². The SMILES string of the molecule is CSC1(CNC(=O)NCC(CC(C)C)C(=O)O)CCC1. The summed E-state index contributed by atoms with van der Waals surface area (Å²) >= 11 is 1.80. The minimum Gasteiger partial charge on any atom is -0.481 e. The molecule has 1 unspecified atom stereocenters. The Kier molecular flexibility index (Phi) is 6.65. The molecule has 0 aromatic carbocycles. The van der Waals surface area contributed by atoms with Crippen LogP contribution < -0.4 is 10.6 Å². The molecule has 116 valence electrons. The average Bonchev–Trinajstić information content (AvgIpc) is 2.33. The smallest absolute Gasteiger partial charge is 0.314 e. The van der Waals surface area contributed by atoms with Gasteiger partial charge >= 0.3 is 12.0 Å². The lowest BCUT2D eigenvalue weighted by Gasteiger charge is -2.40. The first-order valence-electron chi connectivity index (χ1n) is 7.18. The zero-order valence-corrected chi connectivity index (χ0v) is 13.4. The fourth-order valence-electron chi connectivity index (χ4n) is 2.38. The molecule has 1 rings (SSSR count). The number of carbonyl (C=O) groups excluding carboxylic acids is 1. The molecule has 0 heterocycles. The molecule has 1 aliphatic rings. The highest BCUT2D eigenvalue weighted by molar-refractivity contribution is 8.00. The summed E-state index contributed by atoms with van der Waals surface area (Å²) in [5.74, 6) is -1.06. The van der Waals surface area contributed by atoms with Crippen molar-refractivity contribution in [3.8, 4) is 0 Å². The van der Waals surface area contributed by atoms with E-state index in [1.165, 1.54) is 6.42 Å². The second-order valence-corrected chi connectivity index (χ2v) is 7.24. The summed E-state index contributed by atoms with van der Waals surface area (Å²) in [6.07, 6.45) is 6.14. The minimum absolute atomic E-state index is 0.186. The summed E-state index contributed by atoms with van der Waals surface area (Å²) in [4.78, 5) is 22.8. The number of hydrogen-bond donors (Lipinski definition) is 3. The zero-order valence-electron chi connectivity index (χ0n) is 12.6. The van der Waals surface area contributed by atoms with E-state index in [2.05, 4.69) is 16.9 Å². The van der Waals surface area contributed by atoms with E-state index in [-0.39, 0.29) is 17.3 Å². The molecule has 20 heavy (non-hydrogen) atoms. The molecule has 6 heteroatoms. The lowest BCUT2D eigenvalue weighted by atomic mass is 9.84. The quantitative estimate of drug-likeness (QED) is 0.643. The highest BCUT2D eigenvalue weighted by atomic mass is 32.2. The summed E-state index contributed by atoms with van der Waals surface area (Å²) in [6, 6.07) is -0.264. The molecule has 0 aromatic heterocycles. The summed E-state index contributed by atoms with van der Waals surface area (Å²) in [5.41, 5.74) is 0. The average molecular weight is 302 g/mol. The fraction of sp³-hybridized carbons (Fsp3) is 0.857. The maximum absolute atomic E-state index is 11.7. The third-order valence-corrected chi connectivity index (χ3v) is 5.30. The Hall–Kier alpha value is -0.910. The van der Waals surface area contributed by atoms with E-state index in [1.807, 2.05) is 13.8 Å². The Balaban J connectivity index is 2.29. The normalized spacial score (nSPS) is 18.2. The van der Waals surface area contributed by atoms with E-state index in [4.69, 9.17) is 5.11 Å². The van der Waals surface area contributed by atoms with Crippen LogP contribution in [0.2, 0.25) is 0 Å². The van der Waals surface area contributed by atoms with Gasteiger partial charge in [-0.3, -0.25) is 4.79 Å². The van der Waals surface area contributed by atoms with Gasteiger partial charge in [0.25, 0.3) is 0 Å². The lowest BCUT2D eigenvalue weighted by Crippen LogP contribution is -2.49. The molecule has 0 spiro atoms. The summed E-state index contributed by atoms with van der Waals surface area (Å²) < 4.78 is 0.196. The van der Waals surface area contributed by atoms with Crippen molar-refractivity contribution in [3.05, 3.63) is 0 Å². The van der Waals surface area contributed by atoms with E-state index in [0.717, 1.165) is 12.8 Å². The van der Waals surface area contributed by atoms with Gasteiger partial charge in [0.15, 0.2) is 0 Å². The van der Waals surface area contributed by atoms with Crippen molar-refractivity contribution >= 4 is 23.8 Å². The van der Waals surface area contributed by atoms with Gasteiger partial charge in [-0.15, -0.1) is 0 Å². The van der Waals surface area contributed by atoms with Crippen molar-refractivity contribution < 1.29 is 14.7 Å². The van der Waals surface area contributed by atoms with E-state index >= 15 is 0 Å². The van der Waals surface area contributed by atoms with Crippen molar-refractivity contribution in [2.45, 2.75) is 44.3 Å². The molecule has 1 aliphatic carbocycles. The van der Waals surface area contributed by atoms with Crippen LogP contribution in [-0.4, -0.2) is 41.2 Å². The first kappa shape index (κ1) is 17.1. The van der Waals surface area contributed by atoms with Crippen molar-refractivity contribution in [2.24, 2.45) is 11.8 Å². The van der Waals surface area contributed by atoms with E-state index in [1.54, 1.807) is 11.8 Å². The van der Waals surface area contributed by atoms with Crippen molar-refractivity contribution in [1.82, 2.24) is 10.6 Å². The number of carbonyl (C=O) groups is 2. The van der Waals surface area contributed by atoms with Crippen LogP contribution in [0.4, 0.5) is 4.79 Å². The zero-order chi connectivity index (χ0) is 15.2. The van der Waals surface area contributed by atoms with Gasteiger partial charge in [-0.1, -0.05) is 20.3 Å². The lowest BCUT2D eigenvalue weighted by molar-refractivity contribution is -0.142. The van der Waals surface area contributed by atoms with Gasteiger partial charge in [0, 0.05) is 17.8 Å². The van der Waals surface area contributed by atoms with Crippen LogP contribution in [0.5, 0.6) is 0 Å². The third-order valence-electron chi connectivity index (χ3n) is 3.88. The number of carboxylic acids is 1. The molecular weight excluding hydrogens is 276 g/mol. The Morgan fingerprint density at radius 1 is 1.30 bits per heavy atom. The third kappa shape index (κ3) is 5.23. The van der Waals surface area contributed by atoms with Gasteiger partial charge in [0.1, 0.15) is 0 Å². The molecule has 5 nitrogen and oxygen atoms in total. The molecule has 1 atom stereocenters. The van der Waals surface area contributed by atoms with Crippen LogP contribution in [0.1, 0.15) is 39.5 Å². The Morgan fingerprint density at radius 2 is 1.95 bits per heavy atom. The number of aliphatic carboxylic acids is 1. The van der Waals surface area contributed by atoms with Crippen LogP contribution in [0.25, 0.3) is 0 Å². The molecule has 3 N–H and O–H groups in total. The highest BCUT2D eigenvalue weighted by Gasteiger charge is 2.36. The van der Waals surface area contributed by atoms with E-state index in [0.29, 0.717) is 18.9 Å². The van der Waals surface area contributed by atoms with Gasteiger partial charge in [-0.25, -0.2) is 4.79 Å². The van der Waals surface area contributed by atoms with Crippen LogP contribution in [0.3, 0.4) is 0 Å². The second-order valence-electron chi connectivity index (χ2n) is 5.97. The standard InChI is InChI=1S/C14H26N2O3S/c1-10(2)7-11(12(17)18)8-15-13(19)16-9-14(20-3)5-4-6-14/h10-11H,4-9H2,1-3H3,(H,17,18)(H2,15,16,19). The molecular formula is C14H26N2O3S. The first-order chi connectivity index (χ1) is 9.38. The Morgan fingerprint density at radius 3 is 2.35 bits per heavy atom. The van der Waals surface area contributed by atoms with Crippen LogP contribution in [0, 0.1) is 11.8 Å². The molecule has 1 fully saturated rings. The molecule has 1 saturated carbocycles. The molecule has 0 aliphatic heterocycles. The number of thioether (sulfide) groups is 1. The van der Waals surface area contributed by atoms with Gasteiger partial charge in [-0.05, 0) is 31.4 Å². The minimum atomic E-state index is -0.849. The van der Waals surface area contributed by atoms with Gasteiger partial charge < -0.3 is 15.7 Å². The van der Waals surface area contributed by atoms with Crippen molar-refractivity contribution in [1.29, 1.82) is 0 Å². The Bertz CT molecular complexity index is 338. The number of amides is 2. The molecule has 0 aromatic rings. The van der Waals surface area contributed by atoms with Gasteiger partial charge in [0.2, 0.25) is 0 Å². The summed E-state index contributed by atoms with van der Waals surface area (Å²) in [6.45, 7) is 4.80. The maximum atomic E-state index is 11.7. The molecule has 0 bridgehead atoms. The van der Waals surface area contributed by atoms with E-state index in [9.17, 15) is 9.59 Å². The second kappa shape index (κ2) is 7.76. The number of carboxylic acid groups (broad SMARTS) is 1. The van der Waals surface area contributed by atoms with Gasteiger partial charge in [0.05, 0.1) is 5.92 Å². The highest BCUT2D eigenvalue weighted by Crippen LogP contribution is 2.42. The van der Waals surface area contributed by atoms with E-state index < -0.39 is 11.9 Å². The largest absolute Gasteiger partial charge is 0.481 e. The van der Waals surface area contributed by atoms with Crippen LogP contribution in [0.15, 0.2) is 0 Å². The first-order valence-corrected chi connectivity index (χ1v) is 8.40. The van der Waals surface area contributed by atoms with Gasteiger partial charge in [-0.2, -0.15) is 11.8 Å². The molecule has 2 amide bonds.